The number of rotatable bonds is 5. The van der Waals surface area contributed by atoms with Gasteiger partial charge in [0.05, 0.1) is 13.0 Å². The summed E-state index contributed by atoms with van der Waals surface area (Å²) in [4.78, 5) is 13.8. The number of carboxylic acid groups (broad SMARTS) is 1. The molecule has 0 aliphatic heterocycles. The fourth-order valence-electron chi connectivity index (χ4n) is 1.78. The summed E-state index contributed by atoms with van der Waals surface area (Å²) in [6.45, 7) is 2.72. The number of aliphatic carboxylic acids is 1. The highest BCUT2D eigenvalue weighted by Crippen LogP contribution is 2.24. The quantitative estimate of drug-likeness (QED) is 0.834. The SMILES string of the molecule is CCCOc1ccc2[nH]cc(CC(=O)O)c2c1. The molecule has 2 aromatic rings. The number of benzene rings is 1. The Kier molecular flexibility index (Phi) is 3.32. The Bertz CT molecular complexity index is 530. The number of ether oxygens (including phenoxy) is 1. The predicted molar refractivity (Wildman–Crippen MR) is 65.4 cm³/mol. The molecule has 2 rings (SSSR count). The Labute approximate surface area is 99.2 Å². The van der Waals surface area contributed by atoms with Crippen molar-refractivity contribution in [2.45, 2.75) is 19.8 Å². The van der Waals surface area contributed by atoms with Crippen LogP contribution in [0.3, 0.4) is 0 Å². The number of carboxylic acids is 1. The molecule has 0 atom stereocenters. The molecule has 0 aliphatic rings. The monoisotopic (exact) mass is 233 g/mol. The normalized spacial score (nSPS) is 10.6. The highest BCUT2D eigenvalue weighted by molar-refractivity contribution is 5.87. The van der Waals surface area contributed by atoms with E-state index in [1.165, 1.54) is 0 Å². The third-order valence-corrected chi connectivity index (χ3v) is 2.55. The Morgan fingerprint density at radius 2 is 2.29 bits per heavy atom. The van der Waals surface area contributed by atoms with E-state index in [9.17, 15) is 4.79 Å². The zero-order valence-corrected chi connectivity index (χ0v) is 9.69. The lowest BCUT2D eigenvalue weighted by atomic mass is 10.1. The number of hydrogen-bond acceptors (Lipinski definition) is 2. The summed E-state index contributed by atoms with van der Waals surface area (Å²) < 4.78 is 5.53. The molecule has 0 bridgehead atoms. The van der Waals surface area contributed by atoms with Gasteiger partial charge in [-0.15, -0.1) is 0 Å². The molecular weight excluding hydrogens is 218 g/mol. The molecule has 0 spiro atoms. The van der Waals surface area contributed by atoms with Crippen molar-refractivity contribution in [1.29, 1.82) is 0 Å². The minimum absolute atomic E-state index is 0.0250. The minimum atomic E-state index is -0.828. The molecule has 4 nitrogen and oxygen atoms in total. The van der Waals surface area contributed by atoms with Crippen molar-refractivity contribution in [3.8, 4) is 5.75 Å². The van der Waals surface area contributed by atoms with Crippen molar-refractivity contribution in [1.82, 2.24) is 4.98 Å². The lowest BCUT2D eigenvalue weighted by molar-refractivity contribution is -0.136. The molecular formula is C13H15NO3. The van der Waals surface area contributed by atoms with Gasteiger partial charge in [-0.3, -0.25) is 4.79 Å². The first-order valence-corrected chi connectivity index (χ1v) is 5.65. The van der Waals surface area contributed by atoms with Crippen LogP contribution in [0.1, 0.15) is 18.9 Å². The number of aromatic amines is 1. The van der Waals surface area contributed by atoms with E-state index >= 15 is 0 Å². The van der Waals surface area contributed by atoms with Gasteiger partial charge in [0, 0.05) is 17.1 Å². The second kappa shape index (κ2) is 4.91. The van der Waals surface area contributed by atoms with Gasteiger partial charge in [-0.05, 0) is 30.2 Å². The number of nitrogens with one attached hydrogen (secondary N) is 1. The number of H-pyrrole nitrogens is 1. The summed E-state index contributed by atoms with van der Waals surface area (Å²) in [6, 6.07) is 5.69. The number of aromatic nitrogens is 1. The first-order valence-electron chi connectivity index (χ1n) is 5.65. The Morgan fingerprint density at radius 1 is 1.47 bits per heavy atom. The predicted octanol–water partition coefficient (Wildman–Crippen LogP) is 2.58. The van der Waals surface area contributed by atoms with Crippen molar-refractivity contribution in [2.24, 2.45) is 0 Å². The van der Waals surface area contributed by atoms with Gasteiger partial charge in [-0.1, -0.05) is 6.92 Å². The third-order valence-electron chi connectivity index (χ3n) is 2.55. The molecule has 0 unspecified atom stereocenters. The van der Waals surface area contributed by atoms with Crippen LogP contribution in [0.5, 0.6) is 5.75 Å². The summed E-state index contributed by atoms with van der Waals surface area (Å²) >= 11 is 0. The van der Waals surface area contributed by atoms with Crippen molar-refractivity contribution in [3.63, 3.8) is 0 Å². The summed E-state index contributed by atoms with van der Waals surface area (Å²) in [6.07, 6.45) is 2.72. The maximum absolute atomic E-state index is 10.7. The molecule has 1 aromatic heterocycles. The van der Waals surface area contributed by atoms with E-state index < -0.39 is 5.97 Å². The van der Waals surface area contributed by atoms with Crippen LogP contribution in [0.25, 0.3) is 10.9 Å². The molecule has 4 heteroatoms. The number of carbonyl (C=O) groups is 1. The minimum Gasteiger partial charge on any atom is -0.494 e. The first-order chi connectivity index (χ1) is 8.20. The second-order valence-electron chi connectivity index (χ2n) is 3.94. The van der Waals surface area contributed by atoms with E-state index in [0.717, 1.165) is 28.6 Å². The van der Waals surface area contributed by atoms with E-state index in [-0.39, 0.29) is 6.42 Å². The van der Waals surface area contributed by atoms with Crippen LogP contribution in [0, 0.1) is 0 Å². The smallest absolute Gasteiger partial charge is 0.307 e. The molecule has 0 aliphatic carbocycles. The fraction of sp³-hybridized carbons (Fsp3) is 0.308. The maximum Gasteiger partial charge on any atom is 0.307 e. The van der Waals surface area contributed by atoms with Gasteiger partial charge in [0.1, 0.15) is 5.75 Å². The Balaban J connectivity index is 2.32. The largest absolute Gasteiger partial charge is 0.494 e. The van der Waals surface area contributed by atoms with Crippen molar-refractivity contribution >= 4 is 16.9 Å². The molecule has 0 radical (unpaired) electrons. The van der Waals surface area contributed by atoms with E-state index in [1.54, 1.807) is 6.20 Å². The zero-order valence-electron chi connectivity index (χ0n) is 9.69. The standard InChI is InChI=1S/C13H15NO3/c1-2-5-17-10-3-4-12-11(7-10)9(8-14-12)6-13(15)16/h3-4,7-8,14H,2,5-6H2,1H3,(H,15,16). The van der Waals surface area contributed by atoms with Crippen molar-refractivity contribution in [3.05, 3.63) is 30.0 Å². The number of fused-ring (bicyclic) bond motifs is 1. The topological polar surface area (TPSA) is 62.3 Å². The second-order valence-corrected chi connectivity index (χ2v) is 3.94. The van der Waals surface area contributed by atoms with E-state index in [1.807, 2.05) is 25.1 Å². The Hall–Kier alpha value is -1.97. The van der Waals surface area contributed by atoms with Crippen LogP contribution in [-0.2, 0) is 11.2 Å². The van der Waals surface area contributed by atoms with E-state index in [2.05, 4.69) is 4.98 Å². The average molecular weight is 233 g/mol. The van der Waals surface area contributed by atoms with Gasteiger partial charge in [-0.25, -0.2) is 0 Å². The highest BCUT2D eigenvalue weighted by Gasteiger charge is 2.08. The van der Waals surface area contributed by atoms with Crippen LogP contribution >= 0.6 is 0 Å². The molecule has 0 saturated carbocycles. The van der Waals surface area contributed by atoms with Crippen LogP contribution in [-0.4, -0.2) is 22.7 Å². The van der Waals surface area contributed by atoms with Gasteiger partial charge in [0.15, 0.2) is 0 Å². The fourth-order valence-corrected chi connectivity index (χ4v) is 1.78. The van der Waals surface area contributed by atoms with Gasteiger partial charge >= 0.3 is 5.97 Å². The van der Waals surface area contributed by atoms with Gasteiger partial charge < -0.3 is 14.8 Å². The van der Waals surface area contributed by atoms with E-state index in [0.29, 0.717) is 6.61 Å². The van der Waals surface area contributed by atoms with Crippen LogP contribution in [0.2, 0.25) is 0 Å². The lowest BCUT2D eigenvalue weighted by Gasteiger charge is -2.04. The average Bonchev–Trinajstić information content (AvgIpc) is 2.69. The van der Waals surface area contributed by atoms with Crippen LogP contribution in [0.15, 0.2) is 24.4 Å². The van der Waals surface area contributed by atoms with Crippen LogP contribution < -0.4 is 4.74 Å². The summed E-state index contributed by atoms with van der Waals surface area (Å²) in [5.74, 6) is -0.0450. The Morgan fingerprint density at radius 3 is 3.00 bits per heavy atom. The molecule has 2 N–H and O–H groups in total. The van der Waals surface area contributed by atoms with Gasteiger partial charge in [0.2, 0.25) is 0 Å². The molecule has 0 saturated heterocycles. The molecule has 0 amide bonds. The molecule has 17 heavy (non-hydrogen) atoms. The van der Waals surface area contributed by atoms with E-state index in [4.69, 9.17) is 9.84 Å². The van der Waals surface area contributed by atoms with Gasteiger partial charge in [-0.2, -0.15) is 0 Å². The molecule has 90 valence electrons. The van der Waals surface area contributed by atoms with Gasteiger partial charge in [0.25, 0.3) is 0 Å². The van der Waals surface area contributed by atoms with Crippen molar-refractivity contribution in [2.75, 3.05) is 6.61 Å². The summed E-state index contributed by atoms with van der Waals surface area (Å²) in [7, 11) is 0. The van der Waals surface area contributed by atoms with Crippen molar-refractivity contribution < 1.29 is 14.6 Å². The maximum atomic E-state index is 10.7. The number of hydrogen-bond donors (Lipinski definition) is 2. The third kappa shape index (κ3) is 2.58. The molecule has 1 heterocycles. The molecule has 0 fully saturated rings. The first kappa shape index (κ1) is 11.5. The highest BCUT2D eigenvalue weighted by atomic mass is 16.5. The van der Waals surface area contributed by atoms with Crippen LogP contribution in [0.4, 0.5) is 0 Å². The lowest BCUT2D eigenvalue weighted by Crippen LogP contribution is -1.99. The summed E-state index contributed by atoms with van der Waals surface area (Å²) in [5.41, 5.74) is 1.72. The summed E-state index contributed by atoms with van der Waals surface area (Å²) in [5, 5.41) is 9.73. The molecule has 1 aromatic carbocycles. The zero-order chi connectivity index (χ0) is 12.3.